The van der Waals surface area contributed by atoms with Crippen LogP contribution in [0.1, 0.15) is 83.8 Å². The number of allylic oxidation sites excluding steroid dienone is 4. The molecule has 2 aliphatic heterocycles. The fourth-order valence-corrected chi connectivity index (χ4v) is 6.56. The van der Waals surface area contributed by atoms with Gasteiger partial charge in [-0.2, -0.15) is 0 Å². The summed E-state index contributed by atoms with van der Waals surface area (Å²) < 4.78 is 0. The smallest absolute Gasteiger partial charge is 0.103 e. The highest BCUT2D eigenvalue weighted by atomic mass is 35.5. The fraction of sp³-hybridized carbons (Fsp3) is 0.543. The van der Waals surface area contributed by atoms with Crippen molar-refractivity contribution in [3.05, 3.63) is 76.7 Å². The first-order chi connectivity index (χ1) is 20.0. The lowest BCUT2D eigenvalue weighted by Gasteiger charge is -2.40. The molecule has 0 bridgehead atoms. The number of rotatable bonds is 2. The van der Waals surface area contributed by atoms with Gasteiger partial charge in [-0.05, 0) is 94.1 Å². The molecule has 1 unspecified atom stereocenters. The van der Waals surface area contributed by atoms with Gasteiger partial charge in [-0.3, -0.25) is 9.98 Å². The van der Waals surface area contributed by atoms with Crippen LogP contribution in [0.15, 0.2) is 70.6 Å². The zero-order chi connectivity index (χ0) is 30.4. The first kappa shape index (κ1) is 32.2. The molecule has 1 N–H and O–H groups in total. The first-order valence-electron chi connectivity index (χ1n) is 15.6. The highest BCUT2D eigenvalue weighted by Crippen LogP contribution is 2.33. The Morgan fingerprint density at radius 1 is 1.05 bits per heavy atom. The van der Waals surface area contributed by atoms with E-state index in [0.717, 1.165) is 96.5 Å². The van der Waals surface area contributed by atoms with Gasteiger partial charge in [0, 0.05) is 71.7 Å². The van der Waals surface area contributed by atoms with Gasteiger partial charge in [-0.1, -0.05) is 51.1 Å². The van der Waals surface area contributed by atoms with Gasteiger partial charge in [0.1, 0.15) is 7.85 Å². The third-order valence-electron chi connectivity index (χ3n) is 8.90. The van der Waals surface area contributed by atoms with Crippen molar-refractivity contribution in [3.63, 3.8) is 0 Å². The molecule has 0 aromatic heterocycles. The summed E-state index contributed by atoms with van der Waals surface area (Å²) >= 11 is 6.54. The van der Waals surface area contributed by atoms with Gasteiger partial charge < -0.3 is 15.1 Å². The quantitative estimate of drug-likeness (QED) is 0.365. The molecule has 1 saturated heterocycles. The molecular formula is C35H49BClN5. The highest BCUT2D eigenvalue weighted by Gasteiger charge is 2.29. The predicted molar refractivity (Wildman–Crippen MR) is 182 cm³/mol. The van der Waals surface area contributed by atoms with E-state index in [2.05, 4.69) is 80.3 Å². The second-order valence-electron chi connectivity index (χ2n) is 12.7. The Balaban J connectivity index is 1.79. The van der Waals surface area contributed by atoms with Crippen LogP contribution in [-0.2, 0) is 6.42 Å². The van der Waals surface area contributed by atoms with Crippen LogP contribution in [0.5, 0.6) is 0 Å². The maximum Gasteiger partial charge on any atom is 0.103 e. The van der Waals surface area contributed by atoms with Crippen molar-refractivity contribution in [3.8, 4) is 0 Å². The van der Waals surface area contributed by atoms with Crippen molar-refractivity contribution in [1.82, 2.24) is 15.1 Å². The Hall–Kier alpha value is -2.73. The summed E-state index contributed by atoms with van der Waals surface area (Å²) in [6.07, 6.45) is 13.1. The molecule has 7 heteroatoms. The van der Waals surface area contributed by atoms with Crippen LogP contribution >= 0.6 is 11.6 Å². The van der Waals surface area contributed by atoms with Crippen molar-refractivity contribution in [2.75, 3.05) is 26.7 Å². The van der Waals surface area contributed by atoms with Gasteiger partial charge in [-0.25, -0.2) is 0 Å². The summed E-state index contributed by atoms with van der Waals surface area (Å²) in [5, 5.41) is 4.29. The molecule has 1 saturated carbocycles. The minimum absolute atomic E-state index is 0.143. The average molecular weight is 586 g/mol. The van der Waals surface area contributed by atoms with Crippen LogP contribution < -0.4 is 5.32 Å². The second-order valence-corrected chi connectivity index (χ2v) is 13.1. The zero-order valence-electron chi connectivity index (χ0n) is 26.5. The minimum Gasteiger partial charge on any atom is -0.387 e. The second kappa shape index (κ2) is 14.2. The fourth-order valence-electron chi connectivity index (χ4n) is 6.39. The number of benzene rings is 1. The zero-order valence-corrected chi connectivity index (χ0v) is 27.2. The first-order valence-corrected chi connectivity index (χ1v) is 16.0. The van der Waals surface area contributed by atoms with Gasteiger partial charge in [0.05, 0.1) is 11.8 Å². The Kier molecular flexibility index (Phi) is 10.9. The SMILES string of the molecule is [B]C(C)(C)N1CCNC(=C)CCc2ccc(Cl)cc2C(=C)N2CCCCC2C(=NC)/C=C(\C)N=C(C2CCC2)C=C1C. The van der Waals surface area contributed by atoms with E-state index in [-0.39, 0.29) is 6.04 Å². The van der Waals surface area contributed by atoms with Gasteiger partial charge in [-0.15, -0.1) is 0 Å². The van der Waals surface area contributed by atoms with Crippen molar-refractivity contribution in [2.24, 2.45) is 15.9 Å². The van der Waals surface area contributed by atoms with Gasteiger partial charge >= 0.3 is 0 Å². The topological polar surface area (TPSA) is 43.2 Å². The molecule has 2 radical (unpaired) electrons. The third-order valence-corrected chi connectivity index (χ3v) is 9.14. The standard InChI is InChI=1S/C35H49BClN5/c1-24-14-15-28-16-17-30(37)23-31(28)27(4)41-19-9-8-13-34(41)33(38-7)21-25(2)40-32(29-11-10-12-29)22-26(3)42(20-18-39-24)35(5,6)36/h16-17,21-23,29,34,39H,1,4,8-15,18-20H2,2-3,5-7H3/b25-21+,26-22?,38-33?,40-32?. The lowest BCUT2D eigenvalue weighted by molar-refractivity contribution is 0.248. The molecule has 4 rings (SSSR count). The van der Waals surface area contributed by atoms with Crippen molar-refractivity contribution < 1.29 is 0 Å². The van der Waals surface area contributed by atoms with Crippen LogP contribution in [0.4, 0.5) is 0 Å². The summed E-state index contributed by atoms with van der Waals surface area (Å²) in [6.45, 7) is 19.8. The van der Waals surface area contributed by atoms with Crippen molar-refractivity contribution >= 4 is 36.6 Å². The summed E-state index contributed by atoms with van der Waals surface area (Å²) in [5.41, 5.74) is 8.17. The number of fused-ring (bicyclic) bond motifs is 2. The third kappa shape index (κ3) is 8.01. The Bertz CT molecular complexity index is 1280. The summed E-state index contributed by atoms with van der Waals surface area (Å²) in [4.78, 5) is 14.7. The van der Waals surface area contributed by atoms with Gasteiger partial charge in [0.15, 0.2) is 0 Å². The van der Waals surface area contributed by atoms with Crippen LogP contribution in [0.25, 0.3) is 5.70 Å². The van der Waals surface area contributed by atoms with Crippen molar-refractivity contribution in [2.45, 2.75) is 90.5 Å². The Morgan fingerprint density at radius 2 is 1.81 bits per heavy atom. The number of piperidine rings is 1. The van der Waals surface area contributed by atoms with E-state index in [1.165, 1.54) is 24.8 Å². The van der Waals surface area contributed by atoms with E-state index in [1.807, 2.05) is 13.1 Å². The number of hydrogen-bond donors (Lipinski definition) is 1. The lowest BCUT2D eigenvalue weighted by Crippen LogP contribution is -2.46. The molecule has 224 valence electrons. The molecule has 42 heavy (non-hydrogen) atoms. The molecule has 3 aliphatic rings. The largest absolute Gasteiger partial charge is 0.387 e. The number of aliphatic imine (C=N–C) groups is 2. The molecule has 1 atom stereocenters. The predicted octanol–water partition coefficient (Wildman–Crippen LogP) is 7.54. The van der Waals surface area contributed by atoms with E-state index in [9.17, 15) is 0 Å². The monoisotopic (exact) mass is 585 g/mol. The van der Waals surface area contributed by atoms with E-state index in [0.29, 0.717) is 5.92 Å². The summed E-state index contributed by atoms with van der Waals surface area (Å²) in [7, 11) is 8.59. The molecule has 1 aromatic carbocycles. The molecule has 2 fully saturated rings. The van der Waals surface area contributed by atoms with Gasteiger partial charge in [0.25, 0.3) is 0 Å². The Labute approximate surface area is 261 Å². The highest BCUT2D eigenvalue weighted by molar-refractivity contribution is 6.30. The normalized spacial score (nSPS) is 24.6. The van der Waals surface area contributed by atoms with Crippen LogP contribution in [0, 0.1) is 5.92 Å². The molecule has 1 aliphatic carbocycles. The van der Waals surface area contributed by atoms with E-state index >= 15 is 0 Å². The van der Waals surface area contributed by atoms with Crippen molar-refractivity contribution in [1.29, 1.82) is 0 Å². The number of halogens is 1. The maximum absolute atomic E-state index is 6.69. The lowest BCUT2D eigenvalue weighted by atomic mass is 9.78. The summed E-state index contributed by atoms with van der Waals surface area (Å²) in [6, 6.07) is 6.33. The molecule has 2 heterocycles. The number of nitrogens with one attached hydrogen (secondary N) is 1. The molecule has 0 amide bonds. The van der Waals surface area contributed by atoms with E-state index in [1.54, 1.807) is 0 Å². The van der Waals surface area contributed by atoms with E-state index in [4.69, 9.17) is 29.4 Å². The number of aryl methyl sites for hydroxylation is 1. The molecule has 5 nitrogen and oxygen atoms in total. The van der Waals surface area contributed by atoms with E-state index < -0.39 is 5.44 Å². The number of nitrogens with zero attached hydrogens (tertiary/aromatic N) is 4. The average Bonchev–Trinajstić information content (AvgIpc) is 2.90. The van der Waals surface area contributed by atoms with Crippen LogP contribution in [0.2, 0.25) is 5.02 Å². The summed E-state index contributed by atoms with van der Waals surface area (Å²) in [5.74, 6) is 0.479. The van der Waals surface area contributed by atoms with Crippen LogP contribution in [0.3, 0.4) is 0 Å². The minimum atomic E-state index is -0.511. The maximum atomic E-state index is 6.69. The Morgan fingerprint density at radius 3 is 2.48 bits per heavy atom. The number of hydrogen-bond acceptors (Lipinski definition) is 5. The van der Waals surface area contributed by atoms with Gasteiger partial charge in [0.2, 0.25) is 0 Å². The molecule has 0 spiro atoms. The molecular weight excluding hydrogens is 537 g/mol. The molecule has 1 aromatic rings. The van der Waals surface area contributed by atoms with Crippen LogP contribution in [-0.4, -0.2) is 67.2 Å².